The molecular weight excluding hydrogens is 282 g/mol. The predicted molar refractivity (Wildman–Crippen MR) is 81.3 cm³/mol. The van der Waals surface area contributed by atoms with Gasteiger partial charge in [0.2, 0.25) is 6.10 Å². The van der Waals surface area contributed by atoms with Crippen LogP contribution in [-0.2, 0) is 4.79 Å². The molecule has 0 bridgehead atoms. The van der Waals surface area contributed by atoms with E-state index in [-0.39, 0.29) is 11.9 Å². The van der Waals surface area contributed by atoms with E-state index in [2.05, 4.69) is 5.32 Å². The van der Waals surface area contributed by atoms with Crippen LogP contribution in [0.5, 0.6) is 17.2 Å². The van der Waals surface area contributed by atoms with E-state index >= 15 is 0 Å². The summed E-state index contributed by atoms with van der Waals surface area (Å²) in [5.41, 5.74) is 0.915. The summed E-state index contributed by atoms with van der Waals surface area (Å²) in [5.74, 6) is 1.83. The molecule has 1 fully saturated rings. The van der Waals surface area contributed by atoms with Gasteiger partial charge in [-0.3, -0.25) is 4.79 Å². The first-order valence-electron chi connectivity index (χ1n) is 6.97. The standard InChI is InChI=1S/C17H17NO4/c1-20-13-9-8-11(10-14(13)21-2)15-16(17(19)18-15)22-12-6-4-3-5-7-12/h3-10,15-16H,1-2H3,(H,18,19)/t15-,16+/m1/s1. The number of carbonyl (C=O) groups excluding carboxylic acids is 1. The van der Waals surface area contributed by atoms with Gasteiger partial charge in [-0.1, -0.05) is 24.3 Å². The monoisotopic (exact) mass is 299 g/mol. The number of ether oxygens (including phenoxy) is 3. The van der Waals surface area contributed by atoms with Crippen LogP contribution in [0.1, 0.15) is 11.6 Å². The molecule has 1 N–H and O–H groups in total. The number of benzene rings is 2. The van der Waals surface area contributed by atoms with Crippen LogP contribution in [0, 0.1) is 0 Å². The first kappa shape index (κ1) is 14.3. The smallest absolute Gasteiger partial charge is 0.264 e. The molecule has 1 aliphatic rings. The summed E-state index contributed by atoms with van der Waals surface area (Å²) in [6.07, 6.45) is -0.541. The van der Waals surface area contributed by atoms with Crippen LogP contribution in [0.2, 0.25) is 0 Å². The lowest BCUT2D eigenvalue weighted by Crippen LogP contribution is -2.58. The van der Waals surface area contributed by atoms with Crippen molar-refractivity contribution in [1.29, 1.82) is 0 Å². The maximum atomic E-state index is 11.8. The van der Waals surface area contributed by atoms with E-state index in [0.717, 1.165) is 5.56 Å². The number of amides is 1. The molecule has 0 spiro atoms. The van der Waals surface area contributed by atoms with Gasteiger partial charge >= 0.3 is 0 Å². The van der Waals surface area contributed by atoms with Crippen molar-refractivity contribution >= 4 is 5.91 Å². The first-order valence-corrected chi connectivity index (χ1v) is 6.97. The highest BCUT2D eigenvalue weighted by Gasteiger charge is 2.42. The molecule has 5 nitrogen and oxygen atoms in total. The fourth-order valence-electron chi connectivity index (χ4n) is 2.44. The molecule has 0 aromatic heterocycles. The van der Waals surface area contributed by atoms with Crippen molar-refractivity contribution in [3.8, 4) is 17.2 Å². The van der Waals surface area contributed by atoms with Crippen molar-refractivity contribution in [3.05, 3.63) is 54.1 Å². The van der Waals surface area contributed by atoms with E-state index in [0.29, 0.717) is 17.2 Å². The fraction of sp³-hybridized carbons (Fsp3) is 0.235. The molecule has 114 valence electrons. The van der Waals surface area contributed by atoms with Gasteiger partial charge in [0.25, 0.3) is 5.91 Å². The lowest BCUT2D eigenvalue weighted by Gasteiger charge is -2.37. The van der Waals surface area contributed by atoms with E-state index in [1.807, 2.05) is 48.5 Å². The Kier molecular flexibility index (Phi) is 3.87. The average molecular weight is 299 g/mol. The third-order valence-corrected chi connectivity index (χ3v) is 3.63. The Hall–Kier alpha value is -2.69. The zero-order valence-electron chi connectivity index (χ0n) is 12.4. The molecule has 3 rings (SSSR count). The topological polar surface area (TPSA) is 56.8 Å². The van der Waals surface area contributed by atoms with E-state index in [4.69, 9.17) is 14.2 Å². The Balaban J connectivity index is 1.81. The highest BCUT2D eigenvalue weighted by molar-refractivity contribution is 5.89. The summed E-state index contributed by atoms with van der Waals surface area (Å²) in [7, 11) is 3.17. The van der Waals surface area contributed by atoms with Gasteiger partial charge in [0, 0.05) is 0 Å². The Labute approximate surface area is 128 Å². The SMILES string of the molecule is COc1ccc([C@H]2NC(=O)[C@H]2Oc2ccccc2)cc1OC. The van der Waals surface area contributed by atoms with Gasteiger partial charge in [-0.2, -0.15) is 0 Å². The Morgan fingerprint density at radius 3 is 2.32 bits per heavy atom. The van der Waals surface area contributed by atoms with Crippen molar-refractivity contribution < 1.29 is 19.0 Å². The maximum absolute atomic E-state index is 11.8. The molecule has 2 aromatic carbocycles. The van der Waals surface area contributed by atoms with Crippen molar-refractivity contribution in [2.75, 3.05) is 14.2 Å². The number of rotatable bonds is 5. The average Bonchev–Trinajstić information content (AvgIpc) is 2.58. The Bertz CT molecular complexity index is 672. The van der Waals surface area contributed by atoms with Gasteiger partial charge in [-0.05, 0) is 29.8 Å². The molecular formula is C17H17NO4. The summed E-state index contributed by atoms with van der Waals surface area (Å²) in [5, 5.41) is 2.86. The lowest BCUT2D eigenvalue weighted by atomic mass is 9.93. The van der Waals surface area contributed by atoms with Crippen LogP contribution in [0.15, 0.2) is 48.5 Å². The maximum Gasteiger partial charge on any atom is 0.264 e. The van der Waals surface area contributed by atoms with Gasteiger partial charge in [0.1, 0.15) is 11.8 Å². The molecule has 2 aromatic rings. The molecule has 0 aliphatic carbocycles. The summed E-state index contributed by atoms with van der Waals surface area (Å²) in [6, 6.07) is 14.7. The molecule has 1 heterocycles. The minimum atomic E-state index is -0.541. The normalized spacial score (nSPS) is 19.8. The minimum Gasteiger partial charge on any atom is -0.493 e. The first-order chi connectivity index (χ1) is 10.7. The zero-order valence-corrected chi connectivity index (χ0v) is 12.4. The molecule has 1 saturated heterocycles. The number of methoxy groups -OCH3 is 2. The second-order valence-electron chi connectivity index (χ2n) is 4.95. The molecule has 0 radical (unpaired) electrons. The largest absolute Gasteiger partial charge is 0.493 e. The van der Waals surface area contributed by atoms with Gasteiger partial charge in [-0.25, -0.2) is 0 Å². The number of para-hydroxylation sites is 1. The Morgan fingerprint density at radius 1 is 0.955 bits per heavy atom. The van der Waals surface area contributed by atoms with Crippen molar-refractivity contribution in [1.82, 2.24) is 5.32 Å². The van der Waals surface area contributed by atoms with Crippen molar-refractivity contribution in [2.45, 2.75) is 12.1 Å². The summed E-state index contributed by atoms with van der Waals surface area (Å²) >= 11 is 0. The number of hydrogen-bond acceptors (Lipinski definition) is 4. The van der Waals surface area contributed by atoms with E-state index in [1.54, 1.807) is 14.2 Å². The van der Waals surface area contributed by atoms with Crippen molar-refractivity contribution in [2.24, 2.45) is 0 Å². The molecule has 0 saturated carbocycles. The van der Waals surface area contributed by atoms with E-state index in [9.17, 15) is 4.79 Å². The van der Waals surface area contributed by atoms with E-state index in [1.165, 1.54) is 0 Å². The van der Waals surface area contributed by atoms with Crippen LogP contribution in [0.4, 0.5) is 0 Å². The quantitative estimate of drug-likeness (QED) is 0.861. The molecule has 0 unspecified atom stereocenters. The minimum absolute atomic E-state index is 0.122. The van der Waals surface area contributed by atoms with Crippen LogP contribution in [0.25, 0.3) is 0 Å². The van der Waals surface area contributed by atoms with Crippen LogP contribution in [-0.4, -0.2) is 26.2 Å². The molecule has 1 amide bonds. The van der Waals surface area contributed by atoms with Gasteiger partial charge in [0.15, 0.2) is 11.5 Å². The fourth-order valence-corrected chi connectivity index (χ4v) is 2.44. The van der Waals surface area contributed by atoms with E-state index < -0.39 is 6.10 Å². The molecule has 22 heavy (non-hydrogen) atoms. The van der Waals surface area contributed by atoms with Crippen LogP contribution < -0.4 is 19.5 Å². The second-order valence-corrected chi connectivity index (χ2v) is 4.95. The highest BCUT2D eigenvalue weighted by atomic mass is 16.5. The lowest BCUT2D eigenvalue weighted by molar-refractivity contribution is -0.140. The Morgan fingerprint density at radius 2 is 1.68 bits per heavy atom. The van der Waals surface area contributed by atoms with Crippen LogP contribution in [0.3, 0.4) is 0 Å². The zero-order chi connectivity index (χ0) is 15.5. The third kappa shape index (κ3) is 2.57. The van der Waals surface area contributed by atoms with Gasteiger partial charge in [0.05, 0.1) is 14.2 Å². The number of nitrogens with one attached hydrogen (secondary N) is 1. The van der Waals surface area contributed by atoms with Crippen LogP contribution >= 0.6 is 0 Å². The molecule has 2 atom stereocenters. The van der Waals surface area contributed by atoms with Gasteiger partial charge in [-0.15, -0.1) is 0 Å². The number of hydrogen-bond donors (Lipinski definition) is 1. The van der Waals surface area contributed by atoms with Gasteiger partial charge < -0.3 is 19.5 Å². The third-order valence-electron chi connectivity index (χ3n) is 3.63. The number of β-lactam (4-membered cyclic amide) rings is 1. The molecule has 1 aliphatic heterocycles. The summed E-state index contributed by atoms with van der Waals surface area (Å²) < 4.78 is 16.3. The number of carbonyl (C=O) groups is 1. The summed E-state index contributed by atoms with van der Waals surface area (Å²) in [4.78, 5) is 11.8. The highest BCUT2D eigenvalue weighted by Crippen LogP contribution is 2.34. The molecule has 5 heteroatoms. The van der Waals surface area contributed by atoms with Crippen molar-refractivity contribution in [3.63, 3.8) is 0 Å². The second kappa shape index (κ2) is 5.97. The summed E-state index contributed by atoms with van der Waals surface area (Å²) in [6.45, 7) is 0. The predicted octanol–water partition coefficient (Wildman–Crippen LogP) is 2.32.